The number of para-hydroxylation sites is 1. The predicted molar refractivity (Wildman–Crippen MR) is 208 cm³/mol. The van der Waals surface area contributed by atoms with Crippen molar-refractivity contribution in [2.75, 3.05) is 7.11 Å². The number of nitrogens with zero attached hydrogens (tertiary/aromatic N) is 1. The van der Waals surface area contributed by atoms with Crippen molar-refractivity contribution in [1.29, 1.82) is 5.41 Å². The Morgan fingerprint density at radius 2 is 1.20 bits per heavy atom. The summed E-state index contributed by atoms with van der Waals surface area (Å²) in [5.41, 5.74) is 11.2. The van der Waals surface area contributed by atoms with E-state index in [9.17, 15) is 0 Å². The van der Waals surface area contributed by atoms with Crippen molar-refractivity contribution in [2.45, 2.75) is 20.8 Å². The quantitative estimate of drug-likeness (QED) is 0.146. The number of ether oxygens (including phenoxy) is 1. The molecule has 0 spiro atoms. The van der Waals surface area contributed by atoms with Gasteiger partial charge >= 0.3 is 0 Å². The Bertz CT molecular complexity index is 2610. The highest BCUT2D eigenvalue weighted by molar-refractivity contribution is 6.25. The molecule has 0 radical (unpaired) electrons. The largest absolute Gasteiger partial charge is 0.496 e. The number of fused-ring (bicyclic) bond motifs is 7. The molecule has 0 atom stereocenters. The highest BCUT2D eigenvalue weighted by Gasteiger charge is 2.14. The van der Waals surface area contributed by atoms with Crippen LogP contribution in [0.2, 0.25) is 0 Å². The standard InChI is InChI=1S/C46H36N2O/c1-28-26-41(44-24-21-32-18-17-31(30(3)46(32)48-44)20-23-43(47)39-15-9-10-16-45(39)49-4)29(2)25-40(28)33-19-22-38-36-13-6-5-11-34(36)35-12-7-8-14-37(35)42(38)27-33/h5-27,47H,1-4H3/b23-20-,47-43?. The zero-order chi connectivity index (χ0) is 33.6. The lowest BCUT2D eigenvalue weighted by Gasteiger charge is -2.15. The van der Waals surface area contributed by atoms with E-state index in [0.717, 1.165) is 38.9 Å². The number of methoxy groups -OCH3 is 1. The van der Waals surface area contributed by atoms with Crippen LogP contribution >= 0.6 is 0 Å². The Hall–Kier alpha value is -6.06. The first-order valence-corrected chi connectivity index (χ1v) is 16.7. The second-order valence-corrected chi connectivity index (χ2v) is 12.8. The number of benzene rings is 7. The molecule has 8 rings (SSSR count). The Morgan fingerprint density at radius 1 is 0.612 bits per heavy atom. The van der Waals surface area contributed by atoms with Crippen molar-refractivity contribution in [1.82, 2.24) is 4.98 Å². The van der Waals surface area contributed by atoms with E-state index < -0.39 is 0 Å². The maximum atomic E-state index is 8.65. The van der Waals surface area contributed by atoms with Gasteiger partial charge in [0.15, 0.2) is 0 Å². The van der Waals surface area contributed by atoms with Gasteiger partial charge in [0.2, 0.25) is 0 Å². The molecule has 49 heavy (non-hydrogen) atoms. The minimum absolute atomic E-state index is 0.401. The van der Waals surface area contributed by atoms with Crippen molar-refractivity contribution < 1.29 is 4.74 Å². The summed E-state index contributed by atoms with van der Waals surface area (Å²) in [6.07, 6.45) is 3.83. The van der Waals surface area contributed by atoms with Gasteiger partial charge in [-0.05, 0) is 123 Å². The molecular weight excluding hydrogens is 597 g/mol. The monoisotopic (exact) mass is 632 g/mol. The van der Waals surface area contributed by atoms with Crippen LogP contribution in [0.3, 0.4) is 0 Å². The number of aromatic nitrogens is 1. The Balaban J connectivity index is 1.17. The van der Waals surface area contributed by atoms with Crippen molar-refractivity contribution in [2.24, 2.45) is 0 Å². The summed E-state index contributed by atoms with van der Waals surface area (Å²) in [6, 6.07) is 45.1. The third-order valence-corrected chi connectivity index (χ3v) is 9.89. The minimum Gasteiger partial charge on any atom is -0.496 e. The van der Waals surface area contributed by atoms with Crippen LogP contribution in [0.25, 0.3) is 71.7 Å². The molecule has 0 saturated carbocycles. The van der Waals surface area contributed by atoms with Gasteiger partial charge < -0.3 is 10.1 Å². The van der Waals surface area contributed by atoms with Gasteiger partial charge in [0.1, 0.15) is 5.75 Å². The van der Waals surface area contributed by atoms with Crippen molar-refractivity contribution in [3.8, 4) is 28.1 Å². The van der Waals surface area contributed by atoms with E-state index in [1.165, 1.54) is 54.6 Å². The third-order valence-electron chi connectivity index (χ3n) is 9.89. The molecule has 0 aliphatic carbocycles. The summed E-state index contributed by atoms with van der Waals surface area (Å²) < 4.78 is 5.47. The van der Waals surface area contributed by atoms with E-state index in [4.69, 9.17) is 15.1 Å². The third kappa shape index (κ3) is 5.25. The number of pyridine rings is 1. The van der Waals surface area contributed by atoms with E-state index >= 15 is 0 Å². The van der Waals surface area contributed by atoms with Crippen LogP contribution in [0.4, 0.5) is 0 Å². The lowest BCUT2D eigenvalue weighted by atomic mass is 9.89. The summed E-state index contributed by atoms with van der Waals surface area (Å²) in [5.74, 6) is 0.693. The number of nitrogens with one attached hydrogen (secondary N) is 1. The number of hydrogen-bond acceptors (Lipinski definition) is 3. The number of rotatable bonds is 6. The summed E-state index contributed by atoms with van der Waals surface area (Å²) in [4.78, 5) is 5.22. The van der Waals surface area contributed by atoms with E-state index in [-0.39, 0.29) is 0 Å². The molecule has 7 aromatic carbocycles. The van der Waals surface area contributed by atoms with Crippen LogP contribution in [0.15, 0.2) is 133 Å². The minimum atomic E-state index is 0.401. The maximum absolute atomic E-state index is 8.65. The lowest BCUT2D eigenvalue weighted by molar-refractivity contribution is 0.414. The molecule has 0 aliphatic rings. The Labute approximate surface area is 286 Å². The van der Waals surface area contributed by atoms with Gasteiger partial charge in [-0.15, -0.1) is 0 Å². The van der Waals surface area contributed by atoms with Crippen LogP contribution in [0, 0.1) is 26.2 Å². The predicted octanol–water partition coefficient (Wildman–Crippen LogP) is 12.0. The number of allylic oxidation sites excluding steroid dienone is 1. The van der Waals surface area contributed by atoms with E-state index in [0.29, 0.717) is 11.5 Å². The zero-order valence-electron chi connectivity index (χ0n) is 28.1. The van der Waals surface area contributed by atoms with Gasteiger partial charge in [0, 0.05) is 16.5 Å². The van der Waals surface area contributed by atoms with E-state index in [2.05, 4.69) is 124 Å². The molecule has 3 nitrogen and oxygen atoms in total. The Morgan fingerprint density at radius 3 is 1.92 bits per heavy atom. The molecule has 0 bridgehead atoms. The molecular formula is C46H36N2O. The normalized spacial score (nSPS) is 11.7. The van der Waals surface area contributed by atoms with Crippen molar-refractivity contribution in [3.63, 3.8) is 0 Å². The number of hydrogen-bond donors (Lipinski definition) is 1. The van der Waals surface area contributed by atoms with Crippen LogP contribution in [0.1, 0.15) is 27.8 Å². The highest BCUT2D eigenvalue weighted by Crippen LogP contribution is 2.39. The molecule has 1 heterocycles. The molecule has 1 aromatic heterocycles. The molecule has 0 amide bonds. The van der Waals surface area contributed by atoms with Gasteiger partial charge in [-0.2, -0.15) is 0 Å². The van der Waals surface area contributed by atoms with Crippen LogP contribution in [0.5, 0.6) is 5.75 Å². The average Bonchev–Trinajstić information content (AvgIpc) is 3.15. The smallest absolute Gasteiger partial charge is 0.128 e. The van der Waals surface area contributed by atoms with Gasteiger partial charge in [0.05, 0.1) is 24.0 Å². The first-order chi connectivity index (χ1) is 23.9. The molecule has 8 aromatic rings. The van der Waals surface area contributed by atoms with Crippen LogP contribution in [-0.4, -0.2) is 17.8 Å². The van der Waals surface area contributed by atoms with Crippen molar-refractivity contribution >= 4 is 55.0 Å². The molecule has 3 heteroatoms. The summed E-state index contributed by atoms with van der Waals surface area (Å²) in [7, 11) is 1.63. The van der Waals surface area contributed by atoms with E-state index in [1.54, 1.807) is 7.11 Å². The average molecular weight is 633 g/mol. The van der Waals surface area contributed by atoms with Crippen LogP contribution < -0.4 is 4.74 Å². The maximum Gasteiger partial charge on any atom is 0.128 e. The second kappa shape index (κ2) is 12.2. The van der Waals surface area contributed by atoms with Crippen molar-refractivity contribution in [3.05, 3.63) is 161 Å². The van der Waals surface area contributed by atoms with Gasteiger partial charge in [-0.25, -0.2) is 4.98 Å². The fraction of sp³-hybridized carbons (Fsp3) is 0.0870. The summed E-state index contributed by atoms with van der Waals surface area (Å²) >= 11 is 0. The SMILES string of the molecule is COc1ccccc1C(=N)/C=C\c1ccc2ccc(-c3cc(C)c(-c4ccc5c6ccccc6c6ccccc6c5c4)cc3C)nc2c1C. The Kier molecular flexibility index (Phi) is 7.53. The summed E-state index contributed by atoms with van der Waals surface area (Å²) in [6.45, 7) is 6.50. The fourth-order valence-electron chi connectivity index (χ4n) is 7.28. The lowest BCUT2D eigenvalue weighted by Crippen LogP contribution is -1.98. The molecule has 0 aliphatic heterocycles. The number of aryl methyl sites for hydroxylation is 3. The zero-order valence-corrected chi connectivity index (χ0v) is 28.1. The first-order valence-electron chi connectivity index (χ1n) is 16.7. The van der Waals surface area contributed by atoms with Gasteiger partial charge in [0.25, 0.3) is 0 Å². The van der Waals surface area contributed by atoms with E-state index in [1.807, 2.05) is 36.4 Å². The summed E-state index contributed by atoms with van der Waals surface area (Å²) in [5, 5.41) is 17.5. The van der Waals surface area contributed by atoms with Gasteiger partial charge in [-0.3, -0.25) is 0 Å². The molecule has 0 fully saturated rings. The molecule has 0 saturated heterocycles. The fourth-order valence-corrected chi connectivity index (χ4v) is 7.28. The van der Waals surface area contributed by atoms with Crippen LogP contribution in [-0.2, 0) is 0 Å². The molecule has 1 N–H and O–H groups in total. The highest BCUT2D eigenvalue weighted by atomic mass is 16.5. The first kappa shape index (κ1) is 30.3. The topological polar surface area (TPSA) is 46.0 Å². The van der Waals surface area contributed by atoms with Gasteiger partial charge in [-0.1, -0.05) is 103 Å². The second-order valence-electron chi connectivity index (χ2n) is 12.8. The molecule has 236 valence electrons. The molecule has 0 unspecified atom stereocenters.